The van der Waals surface area contributed by atoms with Crippen LogP contribution in [0.4, 0.5) is 0 Å². The second-order valence-corrected chi connectivity index (χ2v) is 10.5. The molecule has 0 unspecified atom stereocenters. The number of hydrogen-bond acceptors (Lipinski definition) is 5. The first-order valence-electron chi connectivity index (χ1n) is 11.5. The number of nitrogens with one attached hydrogen (secondary N) is 1. The zero-order valence-electron chi connectivity index (χ0n) is 18.4. The van der Waals surface area contributed by atoms with Gasteiger partial charge in [0.15, 0.2) is 0 Å². The monoisotopic (exact) mass is 402 g/mol. The normalized spacial score (nSPS) is 45.7. The molecular formula is C24H38N2O3. The van der Waals surface area contributed by atoms with Gasteiger partial charge in [-0.2, -0.15) is 0 Å². The maximum absolute atomic E-state index is 12.6. The molecule has 0 heterocycles. The summed E-state index contributed by atoms with van der Waals surface area (Å²) in [6.07, 6.45) is 7.88. The van der Waals surface area contributed by atoms with Gasteiger partial charge < -0.3 is 15.3 Å². The Hall–Kier alpha value is -1.20. The molecule has 0 bridgehead atoms. The third kappa shape index (κ3) is 3.11. The summed E-state index contributed by atoms with van der Waals surface area (Å²) in [5.74, 6) is 1.86. The second-order valence-electron chi connectivity index (χ2n) is 10.5. The molecule has 4 fully saturated rings. The minimum absolute atomic E-state index is 0.143. The Morgan fingerprint density at radius 3 is 2.79 bits per heavy atom. The predicted octanol–water partition coefficient (Wildman–Crippen LogP) is 3.86. The van der Waals surface area contributed by atoms with Crippen LogP contribution in [-0.2, 0) is 9.63 Å². The van der Waals surface area contributed by atoms with Crippen LogP contribution < -0.4 is 5.32 Å². The fourth-order valence-corrected chi connectivity index (χ4v) is 7.33. The average molecular weight is 403 g/mol. The Morgan fingerprint density at radius 1 is 1.24 bits per heavy atom. The molecule has 0 aromatic heterocycles. The number of rotatable bonds is 5. The van der Waals surface area contributed by atoms with Crippen LogP contribution in [0.3, 0.4) is 0 Å². The van der Waals surface area contributed by atoms with Gasteiger partial charge in [0.25, 0.3) is 0 Å². The van der Waals surface area contributed by atoms with Crippen molar-refractivity contribution >= 4 is 11.5 Å². The van der Waals surface area contributed by atoms with E-state index in [0.29, 0.717) is 36.6 Å². The zero-order chi connectivity index (χ0) is 20.9. The summed E-state index contributed by atoms with van der Waals surface area (Å²) in [5.41, 5.74) is 0.676. The van der Waals surface area contributed by atoms with Gasteiger partial charge in [-0.05, 0) is 81.9 Å². The Morgan fingerprint density at radius 2 is 2.03 bits per heavy atom. The fourth-order valence-electron chi connectivity index (χ4n) is 7.33. The Kier molecular flexibility index (Phi) is 5.44. The molecule has 6 atom stereocenters. The molecule has 0 amide bonds. The molecule has 0 radical (unpaired) electrons. The SMILES string of the molecule is C=C1C[C@H]2[C@@H]3CCC(=O)[C@@]3(C)CC[C@@H]2[C@@]2(C)CC/C(=N/OCCCNC)C[C@]12O. The van der Waals surface area contributed by atoms with E-state index >= 15 is 0 Å². The van der Waals surface area contributed by atoms with Gasteiger partial charge in [0, 0.05) is 23.7 Å². The molecule has 5 heteroatoms. The molecule has 2 N–H and O–H groups in total. The first-order valence-corrected chi connectivity index (χ1v) is 11.5. The lowest BCUT2D eigenvalue weighted by molar-refractivity contribution is -0.161. The summed E-state index contributed by atoms with van der Waals surface area (Å²) in [6.45, 7) is 10.4. The highest BCUT2D eigenvalue weighted by Gasteiger charge is 2.65. The minimum Gasteiger partial charge on any atom is -0.396 e. The van der Waals surface area contributed by atoms with E-state index in [-0.39, 0.29) is 10.8 Å². The summed E-state index contributed by atoms with van der Waals surface area (Å²) in [7, 11) is 1.93. The highest BCUT2D eigenvalue weighted by Crippen LogP contribution is 2.67. The van der Waals surface area contributed by atoms with E-state index in [1.54, 1.807) is 0 Å². The third-order valence-electron chi connectivity index (χ3n) is 9.23. The largest absolute Gasteiger partial charge is 0.396 e. The molecular weight excluding hydrogens is 364 g/mol. The van der Waals surface area contributed by atoms with Crippen LogP contribution in [0, 0.1) is 28.6 Å². The van der Waals surface area contributed by atoms with E-state index in [1.807, 2.05) is 7.05 Å². The summed E-state index contributed by atoms with van der Waals surface area (Å²) >= 11 is 0. The molecule has 0 aromatic rings. The zero-order valence-corrected chi connectivity index (χ0v) is 18.4. The highest BCUT2D eigenvalue weighted by atomic mass is 16.6. The number of carbonyl (C=O) groups excluding carboxylic acids is 1. The van der Waals surface area contributed by atoms with E-state index < -0.39 is 5.60 Å². The van der Waals surface area contributed by atoms with Crippen molar-refractivity contribution < 1.29 is 14.7 Å². The van der Waals surface area contributed by atoms with Crippen molar-refractivity contribution in [3.05, 3.63) is 12.2 Å². The van der Waals surface area contributed by atoms with Crippen molar-refractivity contribution in [3.63, 3.8) is 0 Å². The molecule has 4 aliphatic rings. The molecule has 4 saturated carbocycles. The first kappa shape index (κ1) is 21.0. The van der Waals surface area contributed by atoms with Gasteiger partial charge in [0.2, 0.25) is 0 Å². The van der Waals surface area contributed by atoms with Crippen LogP contribution in [0.15, 0.2) is 17.3 Å². The highest BCUT2D eigenvalue weighted by molar-refractivity contribution is 5.88. The maximum atomic E-state index is 12.6. The lowest BCUT2D eigenvalue weighted by Gasteiger charge is -2.63. The van der Waals surface area contributed by atoms with Gasteiger partial charge >= 0.3 is 0 Å². The molecule has 0 spiro atoms. The van der Waals surface area contributed by atoms with Crippen LogP contribution in [0.25, 0.3) is 0 Å². The van der Waals surface area contributed by atoms with E-state index in [4.69, 9.17) is 4.84 Å². The quantitative estimate of drug-likeness (QED) is 0.416. The molecule has 4 rings (SSSR count). The Bertz CT molecular complexity index is 719. The van der Waals surface area contributed by atoms with E-state index in [1.165, 1.54) is 0 Å². The Labute approximate surface area is 175 Å². The summed E-state index contributed by atoms with van der Waals surface area (Å²) in [4.78, 5) is 18.1. The lowest BCUT2D eigenvalue weighted by Crippen LogP contribution is -2.63. The third-order valence-corrected chi connectivity index (χ3v) is 9.23. The van der Waals surface area contributed by atoms with Crippen molar-refractivity contribution in [3.8, 4) is 0 Å². The van der Waals surface area contributed by atoms with Gasteiger partial charge in [0.1, 0.15) is 12.4 Å². The summed E-state index contributed by atoms with van der Waals surface area (Å²) < 4.78 is 0. The number of Topliss-reactive ketones (excluding diaryl/α,β-unsaturated/α-hetero) is 1. The maximum Gasteiger partial charge on any atom is 0.139 e. The van der Waals surface area contributed by atoms with Gasteiger partial charge in [0.05, 0.1) is 11.3 Å². The number of oxime groups is 1. The second kappa shape index (κ2) is 7.49. The first-order chi connectivity index (χ1) is 13.8. The van der Waals surface area contributed by atoms with Gasteiger partial charge in [-0.1, -0.05) is 25.6 Å². The fraction of sp³-hybridized carbons (Fsp3) is 0.833. The average Bonchev–Trinajstić information content (AvgIpc) is 2.99. The van der Waals surface area contributed by atoms with Crippen LogP contribution in [0.5, 0.6) is 0 Å². The standard InChI is InChI=1S/C24H38N2O3/c1-16-14-18-19-6-7-21(27)22(19,2)10-9-20(18)23(3)11-8-17(15-24(16,23)28)26-29-13-5-12-25-4/h18-20,25,28H,1,5-15H2,2-4H3/b26-17-/t18-,19-,20-,22-,23+,24-/m0/s1. The van der Waals surface area contributed by atoms with Crippen molar-refractivity contribution in [2.75, 3.05) is 20.2 Å². The number of nitrogens with zero attached hydrogens (tertiary/aromatic N) is 1. The van der Waals surface area contributed by atoms with E-state index in [9.17, 15) is 9.90 Å². The molecule has 0 aliphatic heterocycles. The molecule has 162 valence electrons. The van der Waals surface area contributed by atoms with Crippen LogP contribution in [-0.4, -0.2) is 42.4 Å². The topological polar surface area (TPSA) is 70.9 Å². The van der Waals surface area contributed by atoms with Crippen LogP contribution in [0.1, 0.15) is 71.6 Å². The van der Waals surface area contributed by atoms with Crippen LogP contribution >= 0.6 is 0 Å². The molecule has 0 saturated heterocycles. The molecule has 29 heavy (non-hydrogen) atoms. The number of carbonyl (C=O) groups is 1. The van der Waals surface area contributed by atoms with Crippen LogP contribution in [0.2, 0.25) is 0 Å². The minimum atomic E-state index is -0.907. The number of fused-ring (bicyclic) bond motifs is 5. The van der Waals surface area contributed by atoms with Crippen molar-refractivity contribution in [2.45, 2.75) is 77.2 Å². The van der Waals surface area contributed by atoms with E-state index in [2.05, 4.69) is 30.9 Å². The summed E-state index contributed by atoms with van der Waals surface area (Å²) in [5, 5.41) is 19.4. The van der Waals surface area contributed by atoms with Gasteiger partial charge in [-0.15, -0.1) is 0 Å². The van der Waals surface area contributed by atoms with Gasteiger partial charge in [-0.3, -0.25) is 4.79 Å². The lowest BCUT2D eigenvalue weighted by atomic mass is 9.43. The molecule has 4 aliphatic carbocycles. The predicted molar refractivity (Wildman–Crippen MR) is 115 cm³/mol. The van der Waals surface area contributed by atoms with Crippen molar-refractivity contribution in [1.82, 2.24) is 5.32 Å². The number of ketones is 1. The smallest absolute Gasteiger partial charge is 0.139 e. The number of aliphatic hydroxyl groups is 1. The Balaban J connectivity index is 1.53. The van der Waals surface area contributed by atoms with Crippen molar-refractivity contribution in [2.24, 2.45) is 33.7 Å². The van der Waals surface area contributed by atoms with Gasteiger partial charge in [-0.25, -0.2) is 0 Å². The summed E-state index contributed by atoms with van der Waals surface area (Å²) in [6, 6.07) is 0. The number of hydrogen-bond donors (Lipinski definition) is 2. The molecule has 0 aromatic carbocycles. The van der Waals surface area contributed by atoms with E-state index in [0.717, 1.165) is 69.2 Å². The van der Waals surface area contributed by atoms with Crippen molar-refractivity contribution in [1.29, 1.82) is 0 Å². The molecule has 5 nitrogen and oxygen atoms in total.